The number of nitrogens with one attached hydrogen (secondary N) is 2. The summed E-state index contributed by atoms with van der Waals surface area (Å²) in [6.07, 6.45) is 2.59. The number of carbonyl (C=O) groups excluding carboxylic acids is 2. The lowest BCUT2D eigenvalue weighted by Crippen LogP contribution is -2.24. The molecule has 0 saturated heterocycles. The van der Waals surface area contributed by atoms with Crippen molar-refractivity contribution < 1.29 is 9.59 Å². The van der Waals surface area contributed by atoms with E-state index in [0.29, 0.717) is 10.7 Å². The molecular formula is C24H25N3O2S. The Balaban J connectivity index is 1.51. The van der Waals surface area contributed by atoms with E-state index < -0.39 is 0 Å². The summed E-state index contributed by atoms with van der Waals surface area (Å²) in [5.74, 6) is -0.518. The molecule has 1 atom stereocenters. The minimum absolute atomic E-state index is 0.0392. The highest BCUT2D eigenvalue weighted by atomic mass is 32.1. The molecular weight excluding hydrogens is 394 g/mol. The van der Waals surface area contributed by atoms with Gasteiger partial charge in [-0.25, -0.2) is 4.98 Å². The monoisotopic (exact) mass is 419 g/mol. The van der Waals surface area contributed by atoms with E-state index in [4.69, 9.17) is 0 Å². The van der Waals surface area contributed by atoms with Gasteiger partial charge in [0.1, 0.15) is 0 Å². The van der Waals surface area contributed by atoms with E-state index in [1.54, 1.807) is 12.1 Å². The lowest BCUT2D eigenvalue weighted by Gasteiger charge is -2.20. The Hall–Kier alpha value is -2.99. The van der Waals surface area contributed by atoms with Crippen LogP contribution in [0.2, 0.25) is 0 Å². The number of hydrogen-bond acceptors (Lipinski definition) is 4. The van der Waals surface area contributed by atoms with Gasteiger partial charge in [-0.3, -0.25) is 14.9 Å². The number of rotatable bonds is 4. The molecule has 0 radical (unpaired) electrons. The Morgan fingerprint density at radius 3 is 2.37 bits per heavy atom. The van der Waals surface area contributed by atoms with Crippen LogP contribution in [-0.4, -0.2) is 16.8 Å². The second-order valence-electron chi connectivity index (χ2n) is 7.96. The number of carbonyl (C=O) groups is 2. The molecule has 0 fully saturated rings. The van der Waals surface area contributed by atoms with Crippen molar-refractivity contribution in [3.05, 3.63) is 75.3 Å². The molecule has 0 spiro atoms. The largest absolute Gasteiger partial charge is 0.325 e. The molecule has 1 aromatic heterocycles. The molecule has 154 valence electrons. The summed E-state index contributed by atoms with van der Waals surface area (Å²) < 4.78 is 0. The van der Waals surface area contributed by atoms with Crippen molar-refractivity contribution >= 4 is 34.0 Å². The Labute approximate surface area is 180 Å². The van der Waals surface area contributed by atoms with Crippen LogP contribution in [0.25, 0.3) is 0 Å². The van der Waals surface area contributed by atoms with Gasteiger partial charge in [-0.2, -0.15) is 0 Å². The van der Waals surface area contributed by atoms with Crippen LogP contribution in [0.3, 0.4) is 0 Å². The van der Waals surface area contributed by atoms with Gasteiger partial charge in [0.25, 0.3) is 5.91 Å². The Bertz CT molecular complexity index is 1080. The number of hydrogen-bond donors (Lipinski definition) is 2. The van der Waals surface area contributed by atoms with Crippen molar-refractivity contribution in [2.75, 3.05) is 10.6 Å². The molecule has 0 bridgehead atoms. The summed E-state index contributed by atoms with van der Waals surface area (Å²) in [5, 5.41) is 6.50. The van der Waals surface area contributed by atoms with Crippen LogP contribution in [-0.2, 0) is 11.2 Å². The molecule has 1 aliphatic carbocycles. The number of thiazole rings is 1. The van der Waals surface area contributed by atoms with Crippen LogP contribution >= 0.6 is 11.3 Å². The van der Waals surface area contributed by atoms with E-state index in [1.165, 1.54) is 11.3 Å². The van der Waals surface area contributed by atoms with Gasteiger partial charge in [0.05, 0.1) is 11.6 Å². The van der Waals surface area contributed by atoms with Crippen molar-refractivity contribution in [3.8, 4) is 0 Å². The van der Waals surface area contributed by atoms with Gasteiger partial charge in [-0.05, 0) is 75.4 Å². The number of amides is 2. The van der Waals surface area contributed by atoms with E-state index in [1.807, 2.05) is 45.0 Å². The first-order chi connectivity index (χ1) is 14.4. The fourth-order valence-electron chi connectivity index (χ4n) is 3.88. The average molecular weight is 420 g/mol. The molecule has 0 saturated carbocycles. The molecule has 5 nitrogen and oxygen atoms in total. The van der Waals surface area contributed by atoms with E-state index in [0.717, 1.165) is 52.2 Å². The first kappa shape index (κ1) is 20.3. The Morgan fingerprint density at radius 2 is 1.67 bits per heavy atom. The van der Waals surface area contributed by atoms with Crippen LogP contribution in [0.4, 0.5) is 10.8 Å². The fourth-order valence-corrected chi connectivity index (χ4v) is 4.94. The van der Waals surface area contributed by atoms with Crippen LogP contribution in [0.1, 0.15) is 56.4 Å². The van der Waals surface area contributed by atoms with Crippen molar-refractivity contribution in [3.63, 3.8) is 0 Å². The lowest BCUT2D eigenvalue weighted by molar-refractivity contribution is -0.117. The molecule has 6 heteroatoms. The standard InChI is InChI=1S/C24H25N3O2S/c1-14-7-9-17(10-8-14)22(28)27-24-26-21-19(5-4-6-20(21)30-24)23(29)25-18-12-15(2)11-16(3)13-18/h7-13,19H,4-6H2,1-3H3,(H,25,29)(H,26,27,28). The summed E-state index contributed by atoms with van der Waals surface area (Å²) in [7, 11) is 0. The number of benzene rings is 2. The van der Waals surface area contributed by atoms with Crippen molar-refractivity contribution in [1.29, 1.82) is 0 Å². The van der Waals surface area contributed by atoms with Gasteiger partial charge in [-0.1, -0.05) is 23.8 Å². The highest BCUT2D eigenvalue weighted by Gasteiger charge is 2.30. The fraction of sp³-hybridized carbons (Fsp3) is 0.292. The smallest absolute Gasteiger partial charge is 0.257 e. The summed E-state index contributed by atoms with van der Waals surface area (Å²) >= 11 is 1.47. The van der Waals surface area contributed by atoms with E-state index >= 15 is 0 Å². The molecule has 2 N–H and O–H groups in total. The molecule has 2 amide bonds. The number of fused-ring (bicyclic) bond motifs is 1. The zero-order chi connectivity index (χ0) is 21.3. The number of aryl methyl sites for hydroxylation is 4. The van der Waals surface area contributed by atoms with Gasteiger partial charge < -0.3 is 5.32 Å². The van der Waals surface area contributed by atoms with E-state index in [2.05, 4.69) is 21.7 Å². The molecule has 3 aromatic rings. The quantitative estimate of drug-likeness (QED) is 0.596. The average Bonchev–Trinajstić information content (AvgIpc) is 3.09. The summed E-state index contributed by atoms with van der Waals surface area (Å²) in [5.41, 5.74) is 5.54. The molecule has 30 heavy (non-hydrogen) atoms. The van der Waals surface area contributed by atoms with Crippen LogP contribution in [0.15, 0.2) is 42.5 Å². The molecule has 4 rings (SSSR count). The zero-order valence-electron chi connectivity index (χ0n) is 17.4. The van der Waals surface area contributed by atoms with Gasteiger partial charge >= 0.3 is 0 Å². The maximum Gasteiger partial charge on any atom is 0.257 e. The highest BCUT2D eigenvalue weighted by Crippen LogP contribution is 2.37. The molecule has 2 aromatic carbocycles. The third-order valence-corrected chi connectivity index (χ3v) is 6.34. The minimum Gasteiger partial charge on any atom is -0.325 e. The predicted octanol–water partition coefficient (Wildman–Crippen LogP) is 5.38. The Morgan fingerprint density at radius 1 is 0.967 bits per heavy atom. The lowest BCUT2D eigenvalue weighted by atomic mass is 9.90. The second-order valence-corrected chi connectivity index (χ2v) is 9.04. The predicted molar refractivity (Wildman–Crippen MR) is 121 cm³/mol. The number of anilines is 2. The van der Waals surface area contributed by atoms with Gasteiger partial charge in [0.2, 0.25) is 5.91 Å². The summed E-state index contributed by atoms with van der Waals surface area (Å²) in [6, 6.07) is 13.5. The van der Waals surface area contributed by atoms with Crippen LogP contribution in [0, 0.1) is 20.8 Å². The van der Waals surface area contributed by atoms with Crippen LogP contribution in [0.5, 0.6) is 0 Å². The van der Waals surface area contributed by atoms with Gasteiger partial charge in [-0.15, -0.1) is 11.3 Å². The van der Waals surface area contributed by atoms with Crippen LogP contribution < -0.4 is 10.6 Å². The number of aromatic nitrogens is 1. The topological polar surface area (TPSA) is 71.1 Å². The first-order valence-corrected chi connectivity index (χ1v) is 11.0. The van der Waals surface area contributed by atoms with E-state index in [-0.39, 0.29) is 17.7 Å². The number of nitrogens with zero attached hydrogens (tertiary/aromatic N) is 1. The maximum atomic E-state index is 13.0. The van der Waals surface area contributed by atoms with Gasteiger partial charge in [0.15, 0.2) is 5.13 Å². The van der Waals surface area contributed by atoms with Gasteiger partial charge in [0, 0.05) is 16.1 Å². The zero-order valence-corrected chi connectivity index (χ0v) is 18.2. The SMILES string of the molecule is Cc1ccc(C(=O)Nc2nc3c(s2)CCCC3C(=O)Nc2cc(C)cc(C)c2)cc1. The second kappa shape index (κ2) is 8.40. The van der Waals surface area contributed by atoms with Crippen molar-refractivity contribution in [2.45, 2.75) is 46.0 Å². The van der Waals surface area contributed by atoms with Crippen molar-refractivity contribution in [1.82, 2.24) is 4.98 Å². The third kappa shape index (κ3) is 4.44. The minimum atomic E-state index is -0.296. The Kier molecular flexibility index (Phi) is 5.68. The highest BCUT2D eigenvalue weighted by molar-refractivity contribution is 7.16. The van der Waals surface area contributed by atoms with Crippen molar-refractivity contribution in [2.24, 2.45) is 0 Å². The first-order valence-electron chi connectivity index (χ1n) is 10.2. The molecule has 1 heterocycles. The normalized spacial score (nSPS) is 15.4. The maximum absolute atomic E-state index is 13.0. The molecule has 1 aliphatic rings. The summed E-state index contributed by atoms with van der Waals surface area (Å²) in [4.78, 5) is 31.3. The summed E-state index contributed by atoms with van der Waals surface area (Å²) in [6.45, 7) is 6.02. The third-order valence-electron chi connectivity index (χ3n) is 5.29. The molecule has 1 unspecified atom stereocenters. The molecule has 0 aliphatic heterocycles. The van der Waals surface area contributed by atoms with E-state index in [9.17, 15) is 9.59 Å².